The largest absolute Gasteiger partial charge is 0.483 e. The van der Waals surface area contributed by atoms with Gasteiger partial charge >= 0.3 is 0 Å². The minimum Gasteiger partial charge on any atom is -0.483 e. The van der Waals surface area contributed by atoms with Gasteiger partial charge < -0.3 is 9.30 Å². The molecule has 328 valence electrons. The lowest BCUT2D eigenvalue weighted by atomic mass is 9.87. The molecule has 3 aliphatic rings. The number of aryl methyl sites for hydroxylation is 2. The highest BCUT2D eigenvalue weighted by molar-refractivity contribution is 6.48. The molecular weight excluding hydrogens is 817 g/mol. The van der Waals surface area contributed by atoms with E-state index in [1.165, 1.54) is 77.8 Å². The number of Topliss-reactive ketones (excluding diaryl/α,β-unsaturated/α-hetero) is 1. The molecule has 12 rings (SSSR count). The van der Waals surface area contributed by atoms with Crippen LogP contribution in [0.3, 0.4) is 0 Å². The van der Waals surface area contributed by atoms with Gasteiger partial charge in [0, 0.05) is 51.8 Å². The molecule has 9 aromatic rings. The number of fused-ring (bicyclic) bond motifs is 9. The molecule has 0 bridgehead atoms. The molecule has 0 N–H and O–H groups in total. The lowest BCUT2D eigenvalue weighted by Gasteiger charge is -2.27. The molecule has 8 aromatic carbocycles. The van der Waals surface area contributed by atoms with Gasteiger partial charge in [0.2, 0.25) is 5.78 Å². The second-order valence-electron chi connectivity index (χ2n) is 19.0. The summed E-state index contributed by atoms with van der Waals surface area (Å²) in [5.41, 5.74) is 21.5. The number of aromatic nitrogens is 1. The van der Waals surface area contributed by atoms with Crippen LogP contribution in [0.2, 0.25) is 0 Å². The maximum Gasteiger partial charge on any atom is 0.210 e. The van der Waals surface area contributed by atoms with Crippen molar-refractivity contribution in [3.05, 3.63) is 220 Å². The average molecular weight is 871 g/mol. The number of nitrogens with zero attached hydrogens (tertiary/aromatic N) is 2. The van der Waals surface area contributed by atoms with Gasteiger partial charge in [-0.05, 0) is 148 Å². The van der Waals surface area contributed by atoms with Crippen molar-refractivity contribution in [2.75, 3.05) is 0 Å². The SMILES string of the molecule is CCn1c2ccc(C(=O)C(=NCc3ccccc3)C(Oc3cccc4c3Cc3ccccc3-4)C3CCCC3)cc2c2cc(-c3c(Cc4ccccc4C)ccc4c3Cc3ccccc3-4)ccc21. The van der Waals surface area contributed by atoms with Crippen molar-refractivity contribution in [1.82, 2.24) is 4.57 Å². The molecule has 0 saturated heterocycles. The number of ketones is 1. The van der Waals surface area contributed by atoms with Gasteiger partial charge in [0.05, 0.1) is 6.54 Å². The molecule has 1 aromatic heterocycles. The van der Waals surface area contributed by atoms with Gasteiger partial charge in [0.15, 0.2) is 0 Å². The standard InChI is InChI=1S/C63H54N2O2/c1-3-65-57-32-29-47(60-46(34-43-21-8-7-16-40(43)2)28-31-52-50-25-14-12-23-45(50)36-56(52)60)37-53(57)54-38-48(30-33-58(54)65)62(66)61(64-39-41-17-5-4-6-18-41)63(42-19-9-10-20-42)67-59-27-15-26-51-49-24-13-11-22-44(49)35-55(51)59/h4-8,11-18,21-33,37-38,42,63H,3,9-10,19-20,34-36,39H2,1-2H3. The zero-order valence-corrected chi connectivity index (χ0v) is 38.4. The van der Waals surface area contributed by atoms with Crippen LogP contribution >= 0.6 is 0 Å². The van der Waals surface area contributed by atoms with Crippen LogP contribution in [0.4, 0.5) is 0 Å². The highest BCUT2D eigenvalue weighted by Gasteiger charge is 2.36. The van der Waals surface area contributed by atoms with Gasteiger partial charge in [-0.3, -0.25) is 9.79 Å². The lowest BCUT2D eigenvalue weighted by molar-refractivity contribution is 0.104. The minimum absolute atomic E-state index is 0.0571. The normalized spacial score (nSPS) is 14.6. The second kappa shape index (κ2) is 17.2. The molecule has 67 heavy (non-hydrogen) atoms. The third-order valence-electron chi connectivity index (χ3n) is 15.1. The van der Waals surface area contributed by atoms with Gasteiger partial charge in [-0.1, -0.05) is 146 Å². The fourth-order valence-corrected chi connectivity index (χ4v) is 11.7. The topological polar surface area (TPSA) is 43.6 Å². The van der Waals surface area contributed by atoms with Crippen LogP contribution in [-0.4, -0.2) is 22.2 Å². The molecule has 1 saturated carbocycles. The summed E-state index contributed by atoms with van der Waals surface area (Å²) >= 11 is 0. The molecule has 1 atom stereocenters. The van der Waals surface area contributed by atoms with Crippen LogP contribution in [0.5, 0.6) is 5.75 Å². The van der Waals surface area contributed by atoms with Crippen molar-refractivity contribution in [3.8, 4) is 39.1 Å². The Balaban J connectivity index is 0.985. The van der Waals surface area contributed by atoms with E-state index in [-0.39, 0.29) is 11.7 Å². The monoisotopic (exact) mass is 870 g/mol. The van der Waals surface area contributed by atoms with E-state index < -0.39 is 6.10 Å². The van der Waals surface area contributed by atoms with Crippen LogP contribution < -0.4 is 4.74 Å². The van der Waals surface area contributed by atoms with Crippen molar-refractivity contribution in [2.24, 2.45) is 10.9 Å². The Morgan fingerprint density at radius 2 is 1.30 bits per heavy atom. The van der Waals surface area contributed by atoms with Crippen molar-refractivity contribution in [3.63, 3.8) is 0 Å². The zero-order chi connectivity index (χ0) is 45.0. The van der Waals surface area contributed by atoms with Gasteiger partial charge in [0.25, 0.3) is 0 Å². The van der Waals surface area contributed by atoms with E-state index in [0.717, 1.165) is 79.1 Å². The van der Waals surface area contributed by atoms with E-state index in [9.17, 15) is 0 Å². The van der Waals surface area contributed by atoms with Gasteiger partial charge in [0.1, 0.15) is 17.6 Å². The third-order valence-corrected chi connectivity index (χ3v) is 15.1. The van der Waals surface area contributed by atoms with Crippen LogP contribution in [0.15, 0.2) is 175 Å². The quantitative estimate of drug-likeness (QED) is 0.0907. The van der Waals surface area contributed by atoms with E-state index in [2.05, 4.69) is 164 Å². The lowest BCUT2D eigenvalue weighted by Crippen LogP contribution is -2.39. The number of hydrogen-bond acceptors (Lipinski definition) is 3. The maximum absolute atomic E-state index is 15.6. The Kier molecular flexibility index (Phi) is 10.5. The molecule has 0 radical (unpaired) electrons. The summed E-state index contributed by atoms with van der Waals surface area (Å²) in [6, 6.07) is 61.1. The van der Waals surface area contributed by atoms with Crippen molar-refractivity contribution in [1.29, 1.82) is 0 Å². The summed E-state index contributed by atoms with van der Waals surface area (Å²) in [4.78, 5) is 20.9. The number of carbonyl (C=O) groups excluding carboxylic acids is 1. The molecule has 4 heteroatoms. The smallest absolute Gasteiger partial charge is 0.210 e. The molecule has 1 fully saturated rings. The predicted molar refractivity (Wildman–Crippen MR) is 276 cm³/mol. The fraction of sp³-hybridized carbons (Fsp3) is 0.206. The summed E-state index contributed by atoms with van der Waals surface area (Å²) < 4.78 is 9.67. The molecule has 1 unspecified atom stereocenters. The Morgan fingerprint density at radius 1 is 0.642 bits per heavy atom. The zero-order valence-electron chi connectivity index (χ0n) is 38.4. The molecular formula is C63H54N2O2. The third kappa shape index (κ3) is 7.31. The summed E-state index contributed by atoms with van der Waals surface area (Å²) in [5.74, 6) is 0.981. The summed E-state index contributed by atoms with van der Waals surface area (Å²) in [6.45, 7) is 5.65. The van der Waals surface area contributed by atoms with E-state index in [1.807, 2.05) is 24.3 Å². The Hall–Kier alpha value is -7.30. The minimum atomic E-state index is -0.482. The number of hydrogen-bond donors (Lipinski definition) is 0. The molecule has 0 spiro atoms. The van der Waals surface area contributed by atoms with E-state index in [0.29, 0.717) is 17.8 Å². The highest BCUT2D eigenvalue weighted by Crippen LogP contribution is 2.46. The fourth-order valence-electron chi connectivity index (χ4n) is 11.7. The first kappa shape index (κ1) is 41.2. The summed E-state index contributed by atoms with van der Waals surface area (Å²) in [6.07, 6.45) is 6.35. The van der Waals surface area contributed by atoms with Crippen LogP contribution in [0, 0.1) is 12.8 Å². The molecule has 0 aliphatic heterocycles. The number of aliphatic imine (C=N–C) groups is 1. The second-order valence-corrected chi connectivity index (χ2v) is 19.0. The molecule has 4 nitrogen and oxygen atoms in total. The Labute approximate surface area is 393 Å². The van der Waals surface area contributed by atoms with Gasteiger partial charge in [-0.25, -0.2) is 0 Å². The van der Waals surface area contributed by atoms with Gasteiger partial charge in [-0.2, -0.15) is 0 Å². The van der Waals surface area contributed by atoms with Crippen LogP contribution in [0.1, 0.15) is 87.5 Å². The van der Waals surface area contributed by atoms with E-state index in [4.69, 9.17) is 9.73 Å². The van der Waals surface area contributed by atoms with E-state index in [1.54, 1.807) is 0 Å². The Morgan fingerprint density at radius 3 is 2.06 bits per heavy atom. The van der Waals surface area contributed by atoms with E-state index >= 15 is 4.79 Å². The number of rotatable bonds is 12. The van der Waals surface area contributed by atoms with Crippen LogP contribution in [0.25, 0.3) is 55.2 Å². The average Bonchev–Trinajstić information content (AvgIpc) is 4.18. The van der Waals surface area contributed by atoms with Crippen molar-refractivity contribution >= 4 is 33.3 Å². The number of benzene rings is 8. The van der Waals surface area contributed by atoms with Crippen molar-refractivity contribution < 1.29 is 9.53 Å². The highest BCUT2D eigenvalue weighted by atomic mass is 16.5. The Bertz CT molecular complexity index is 3420. The molecule has 0 amide bonds. The van der Waals surface area contributed by atoms with Crippen LogP contribution in [-0.2, 0) is 32.4 Å². The summed E-state index contributed by atoms with van der Waals surface area (Å²) in [7, 11) is 0. The molecule has 3 aliphatic carbocycles. The first-order chi connectivity index (χ1) is 33.0. The first-order valence-corrected chi connectivity index (χ1v) is 24.3. The first-order valence-electron chi connectivity index (χ1n) is 24.3. The predicted octanol–water partition coefficient (Wildman–Crippen LogP) is 15.0. The van der Waals surface area contributed by atoms with Crippen molar-refractivity contribution in [2.45, 2.75) is 78.0 Å². The van der Waals surface area contributed by atoms with Gasteiger partial charge in [-0.15, -0.1) is 0 Å². The maximum atomic E-state index is 15.6. The number of carbonyl (C=O) groups is 1. The molecule has 1 heterocycles. The number of ether oxygens (including phenoxy) is 1. The summed E-state index contributed by atoms with van der Waals surface area (Å²) in [5, 5.41) is 2.24.